The molecule has 1 heterocycles. The van der Waals surface area contributed by atoms with Gasteiger partial charge >= 0.3 is 0 Å². The average molecular weight is 229 g/mol. The van der Waals surface area contributed by atoms with E-state index < -0.39 is 0 Å². The van der Waals surface area contributed by atoms with Crippen LogP contribution in [0.5, 0.6) is 0 Å². The van der Waals surface area contributed by atoms with E-state index in [2.05, 4.69) is 22.4 Å². The first-order valence-corrected chi connectivity index (χ1v) is 5.61. The Morgan fingerprint density at radius 3 is 2.82 bits per heavy atom. The molecule has 17 heavy (non-hydrogen) atoms. The number of hydrogen-bond acceptors (Lipinski definition) is 2. The molecule has 0 bridgehead atoms. The lowest BCUT2D eigenvalue weighted by atomic mass is 10.1. The number of aromatic nitrogens is 2. The normalized spacial score (nSPS) is 10.2. The molecular formula is C13H15N3O. The Labute approximate surface area is 100 Å². The number of rotatable bonds is 3. The van der Waals surface area contributed by atoms with Crippen LogP contribution in [0.25, 0.3) is 0 Å². The van der Waals surface area contributed by atoms with Crippen molar-refractivity contribution in [1.82, 2.24) is 10.2 Å². The molecule has 0 radical (unpaired) electrons. The standard InChI is InChI=1S/C13H15N3O/c1-3-10-6-4-5-7-11(10)15-13(17)12-9(2)8-14-16-12/h4-8H,3H2,1-2H3,(H,14,16)(H,15,17). The van der Waals surface area contributed by atoms with Crippen molar-refractivity contribution >= 4 is 11.6 Å². The third-order valence-electron chi connectivity index (χ3n) is 2.70. The van der Waals surface area contributed by atoms with Gasteiger partial charge in [0.25, 0.3) is 5.91 Å². The molecule has 0 saturated carbocycles. The Morgan fingerprint density at radius 1 is 1.41 bits per heavy atom. The molecule has 1 amide bonds. The molecule has 2 N–H and O–H groups in total. The quantitative estimate of drug-likeness (QED) is 0.849. The zero-order valence-corrected chi connectivity index (χ0v) is 9.95. The van der Waals surface area contributed by atoms with Crippen LogP contribution in [0, 0.1) is 6.92 Å². The number of amides is 1. The molecule has 88 valence electrons. The van der Waals surface area contributed by atoms with Crippen LogP contribution in [-0.2, 0) is 6.42 Å². The number of aromatic amines is 1. The summed E-state index contributed by atoms with van der Waals surface area (Å²) < 4.78 is 0. The summed E-state index contributed by atoms with van der Waals surface area (Å²) in [6.45, 7) is 3.91. The van der Waals surface area contributed by atoms with Crippen LogP contribution in [0.2, 0.25) is 0 Å². The summed E-state index contributed by atoms with van der Waals surface area (Å²) in [7, 11) is 0. The lowest BCUT2D eigenvalue weighted by Gasteiger charge is -2.08. The van der Waals surface area contributed by atoms with Crippen LogP contribution in [-0.4, -0.2) is 16.1 Å². The van der Waals surface area contributed by atoms with Gasteiger partial charge in [-0.3, -0.25) is 9.89 Å². The second kappa shape index (κ2) is 4.82. The first-order valence-electron chi connectivity index (χ1n) is 5.61. The molecule has 2 aromatic rings. The van der Waals surface area contributed by atoms with Gasteiger partial charge in [-0.2, -0.15) is 5.10 Å². The number of nitrogens with one attached hydrogen (secondary N) is 2. The molecule has 0 unspecified atom stereocenters. The highest BCUT2D eigenvalue weighted by atomic mass is 16.1. The van der Waals surface area contributed by atoms with E-state index in [0.717, 1.165) is 23.2 Å². The lowest BCUT2D eigenvalue weighted by molar-refractivity contribution is 0.102. The molecule has 1 aromatic heterocycles. The highest BCUT2D eigenvalue weighted by Gasteiger charge is 2.12. The van der Waals surface area contributed by atoms with Gasteiger partial charge in [0.05, 0.1) is 6.20 Å². The molecule has 2 rings (SSSR count). The van der Waals surface area contributed by atoms with Crippen LogP contribution >= 0.6 is 0 Å². The smallest absolute Gasteiger partial charge is 0.273 e. The van der Waals surface area contributed by atoms with Crippen molar-refractivity contribution in [3.05, 3.63) is 47.3 Å². The van der Waals surface area contributed by atoms with E-state index in [1.165, 1.54) is 0 Å². The fourth-order valence-corrected chi connectivity index (χ4v) is 1.71. The predicted octanol–water partition coefficient (Wildman–Crippen LogP) is 2.53. The van der Waals surface area contributed by atoms with Gasteiger partial charge in [0, 0.05) is 5.69 Å². The molecule has 0 aliphatic carbocycles. The fourth-order valence-electron chi connectivity index (χ4n) is 1.71. The highest BCUT2D eigenvalue weighted by molar-refractivity contribution is 6.04. The van der Waals surface area contributed by atoms with Gasteiger partial charge in [0.2, 0.25) is 0 Å². The SMILES string of the molecule is CCc1ccccc1NC(=O)c1[nH]ncc1C. The Bertz CT molecular complexity index is 531. The van der Waals surface area contributed by atoms with Crippen LogP contribution < -0.4 is 5.32 Å². The van der Waals surface area contributed by atoms with E-state index >= 15 is 0 Å². The van der Waals surface area contributed by atoms with Crippen molar-refractivity contribution in [1.29, 1.82) is 0 Å². The molecule has 0 atom stereocenters. The van der Waals surface area contributed by atoms with Crippen LogP contribution in [0.1, 0.15) is 28.5 Å². The van der Waals surface area contributed by atoms with Gasteiger partial charge in [0.1, 0.15) is 5.69 Å². The van der Waals surface area contributed by atoms with Crippen LogP contribution in [0.3, 0.4) is 0 Å². The molecule has 0 aliphatic rings. The van der Waals surface area contributed by atoms with Gasteiger partial charge in [-0.15, -0.1) is 0 Å². The van der Waals surface area contributed by atoms with Crippen molar-refractivity contribution in [2.24, 2.45) is 0 Å². The molecule has 4 nitrogen and oxygen atoms in total. The first-order chi connectivity index (χ1) is 8.22. The van der Waals surface area contributed by atoms with Crippen LogP contribution in [0.4, 0.5) is 5.69 Å². The van der Waals surface area contributed by atoms with E-state index in [1.807, 2.05) is 31.2 Å². The van der Waals surface area contributed by atoms with Gasteiger partial charge in [-0.1, -0.05) is 25.1 Å². The van der Waals surface area contributed by atoms with Crippen molar-refractivity contribution in [3.8, 4) is 0 Å². The minimum Gasteiger partial charge on any atom is -0.320 e. The Kier molecular flexibility index (Phi) is 3.23. The number of carbonyl (C=O) groups excluding carboxylic acids is 1. The molecule has 0 aliphatic heterocycles. The van der Waals surface area contributed by atoms with Crippen molar-refractivity contribution in [3.63, 3.8) is 0 Å². The number of H-pyrrole nitrogens is 1. The number of anilines is 1. The maximum absolute atomic E-state index is 12.0. The number of nitrogens with zero attached hydrogens (tertiary/aromatic N) is 1. The van der Waals surface area contributed by atoms with E-state index in [4.69, 9.17) is 0 Å². The average Bonchev–Trinajstić information content (AvgIpc) is 2.76. The van der Waals surface area contributed by atoms with Gasteiger partial charge in [-0.25, -0.2) is 0 Å². The monoisotopic (exact) mass is 229 g/mol. The van der Waals surface area contributed by atoms with Crippen molar-refractivity contribution in [2.75, 3.05) is 5.32 Å². The van der Waals surface area contributed by atoms with E-state index in [9.17, 15) is 4.79 Å². The molecular weight excluding hydrogens is 214 g/mol. The third-order valence-corrected chi connectivity index (χ3v) is 2.70. The fraction of sp³-hybridized carbons (Fsp3) is 0.231. The topological polar surface area (TPSA) is 57.8 Å². The maximum atomic E-state index is 12.0. The lowest BCUT2D eigenvalue weighted by Crippen LogP contribution is -2.14. The van der Waals surface area contributed by atoms with Gasteiger partial charge in [0.15, 0.2) is 0 Å². The summed E-state index contributed by atoms with van der Waals surface area (Å²) in [5.41, 5.74) is 3.33. The van der Waals surface area contributed by atoms with Gasteiger partial charge in [-0.05, 0) is 30.5 Å². The maximum Gasteiger partial charge on any atom is 0.273 e. The van der Waals surface area contributed by atoms with Crippen molar-refractivity contribution in [2.45, 2.75) is 20.3 Å². The molecule has 0 spiro atoms. The Hall–Kier alpha value is -2.10. The molecule has 0 fully saturated rings. The Balaban J connectivity index is 2.22. The summed E-state index contributed by atoms with van der Waals surface area (Å²) in [5, 5.41) is 9.44. The van der Waals surface area contributed by atoms with E-state index in [0.29, 0.717) is 5.69 Å². The van der Waals surface area contributed by atoms with E-state index in [-0.39, 0.29) is 5.91 Å². The molecule has 4 heteroatoms. The minimum absolute atomic E-state index is 0.152. The summed E-state index contributed by atoms with van der Waals surface area (Å²) in [6.07, 6.45) is 2.53. The van der Waals surface area contributed by atoms with E-state index in [1.54, 1.807) is 6.20 Å². The minimum atomic E-state index is -0.152. The zero-order chi connectivity index (χ0) is 12.3. The number of carbonyl (C=O) groups is 1. The second-order valence-corrected chi connectivity index (χ2v) is 3.89. The largest absolute Gasteiger partial charge is 0.320 e. The number of aryl methyl sites for hydroxylation is 2. The zero-order valence-electron chi connectivity index (χ0n) is 9.95. The predicted molar refractivity (Wildman–Crippen MR) is 67.1 cm³/mol. The summed E-state index contributed by atoms with van der Waals surface area (Å²) in [4.78, 5) is 12.0. The number of benzene rings is 1. The summed E-state index contributed by atoms with van der Waals surface area (Å²) in [6, 6.07) is 7.79. The number of para-hydroxylation sites is 1. The third kappa shape index (κ3) is 2.36. The highest BCUT2D eigenvalue weighted by Crippen LogP contribution is 2.16. The number of hydrogen-bond donors (Lipinski definition) is 2. The van der Waals surface area contributed by atoms with Crippen molar-refractivity contribution < 1.29 is 4.79 Å². The molecule has 1 aromatic carbocycles. The van der Waals surface area contributed by atoms with Crippen LogP contribution in [0.15, 0.2) is 30.5 Å². The second-order valence-electron chi connectivity index (χ2n) is 3.89. The molecule has 0 saturated heterocycles. The summed E-state index contributed by atoms with van der Waals surface area (Å²) >= 11 is 0. The van der Waals surface area contributed by atoms with Gasteiger partial charge < -0.3 is 5.32 Å². The Morgan fingerprint density at radius 2 is 2.18 bits per heavy atom. The summed E-state index contributed by atoms with van der Waals surface area (Å²) in [5.74, 6) is -0.152. The first kappa shape index (κ1) is 11.4.